The van der Waals surface area contributed by atoms with Gasteiger partial charge < -0.3 is 15.5 Å². The highest BCUT2D eigenvalue weighted by Crippen LogP contribution is 2.35. The van der Waals surface area contributed by atoms with Crippen LogP contribution >= 0.6 is 0 Å². The lowest BCUT2D eigenvalue weighted by atomic mass is 10.0. The summed E-state index contributed by atoms with van der Waals surface area (Å²) < 4.78 is 7.19. The number of aromatic amines is 1. The minimum atomic E-state index is 0.450. The molecule has 0 atom stereocenters. The number of hydrogen-bond acceptors (Lipinski definition) is 6. The first-order chi connectivity index (χ1) is 15.2. The number of imidazole rings is 1. The summed E-state index contributed by atoms with van der Waals surface area (Å²) in [7, 11) is 1.66. The van der Waals surface area contributed by atoms with E-state index in [2.05, 4.69) is 33.0 Å². The largest absolute Gasteiger partial charge is 0.497 e. The highest BCUT2D eigenvalue weighted by atomic mass is 16.5. The maximum Gasteiger partial charge on any atom is 0.160 e. The summed E-state index contributed by atoms with van der Waals surface area (Å²) in [4.78, 5) is 7.93. The lowest BCUT2D eigenvalue weighted by molar-refractivity contribution is 0.415. The fourth-order valence-corrected chi connectivity index (χ4v) is 3.95. The van der Waals surface area contributed by atoms with Gasteiger partial charge in [-0.1, -0.05) is 36.4 Å². The first-order valence-electron chi connectivity index (χ1n) is 9.86. The van der Waals surface area contributed by atoms with Crippen molar-refractivity contribution in [3.8, 4) is 17.0 Å². The number of ether oxygens (including phenoxy) is 1. The lowest BCUT2D eigenvalue weighted by Gasteiger charge is -2.20. The summed E-state index contributed by atoms with van der Waals surface area (Å²) in [6, 6.07) is 22.0. The van der Waals surface area contributed by atoms with Crippen molar-refractivity contribution >= 4 is 39.1 Å². The Bertz CT molecular complexity index is 1460. The fourth-order valence-electron chi connectivity index (χ4n) is 3.95. The van der Waals surface area contributed by atoms with Crippen LogP contribution in [-0.2, 0) is 0 Å². The van der Waals surface area contributed by atoms with Gasteiger partial charge in [-0.3, -0.25) is 10.9 Å². The van der Waals surface area contributed by atoms with Gasteiger partial charge in [0.25, 0.3) is 0 Å². The Hall–Kier alpha value is -4.46. The molecular formula is C23H19N7O. The quantitative estimate of drug-likeness (QED) is 0.362. The van der Waals surface area contributed by atoms with E-state index in [1.807, 2.05) is 54.6 Å². The third-order valence-electron chi connectivity index (χ3n) is 5.48. The molecule has 0 bridgehead atoms. The second-order valence-electron chi connectivity index (χ2n) is 7.34. The average molecular weight is 409 g/mol. The molecule has 0 fully saturated rings. The molecule has 3 aromatic carbocycles. The van der Waals surface area contributed by atoms with Gasteiger partial charge >= 0.3 is 0 Å². The zero-order valence-electron chi connectivity index (χ0n) is 16.7. The van der Waals surface area contributed by atoms with E-state index in [1.165, 1.54) is 0 Å². The number of rotatable bonds is 3. The molecule has 152 valence electrons. The van der Waals surface area contributed by atoms with Crippen molar-refractivity contribution in [1.29, 1.82) is 0 Å². The number of aromatic nitrogens is 4. The van der Waals surface area contributed by atoms with Gasteiger partial charge in [-0.15, -0.1) is 0 Å². The van der Waals surface area contributed by atoms with Crippen LogP contribution in [0.4, 0.5) is 5.82 Å². The van der Waals surface area contributed by atoms with Crippen LogP contribution in [-0.4, -0.2) is 26.9 Å². The Morgan fingerprint density at radius 2 is 1.81 bits per heavy atom. The molecule has 0 saturated carbocycles. The van der Waals surface area contributed by atoms with Gasteiger partial charge in [0, 0.05) is 11.6 Å². The highest BCUT2D eigenvalue weighted by molar-refractivity contribution is 5.98. The van der Waals surface area contributed by atoms with Crippen LogP contribution in [0, 0.1) is 0 Å². The van der Waals surface area contributed by atoms with Crippen molar-refractivity contribution in [3.63, 3.8) is 0 Å². The van der Waals surface area contributed by atoms with Crippen molar-refractivity contribution in [1.82, 2.24) is 25.2 Å². The normalized spacial score (nSPS) is 13.2. The maximum atomic E-state index is 6.50. The summed E-state index contributed by atoms with van der Waals surface area (Å²) in [5.41, 5.74) is 17.0. The number of hydrogen-bond donors (Lipinski definition) is 4. The van der Waals surface area contributed by atoms with Gasteiger partial charge in [0.15, 0.2) is 17.5 Å². The summed E-state index contributed by atoms with van der Waals surface area (Å²) in [6.45, 7) is 0. The SMILES string of the molecule is COc1cc(-c2cc3n(n2)C(N)=C(c2nc4ccccc4[nH]2)NN3)c2ccccc2c1. The fraction of sp³-hybridized carbons (Fsp3) is 0.0435. The molecule has 0 unspecified atom stereocenters. The molecule has 8 nitrogen and oxygen atoms in total. The lowest BCUT2D eigenvalue weighted by Crippen LogP contribution is -2.32. The van der Waals surface area contributed by atoms with E-state index >= 15 is 0 Å². The van der Waals surface area contributed by atoms with E-state index in [-0.39, 0.29) is 0 Å². The second kappa shape index (κ2) is 6.53. The molecule has 1 aliphatic heterocycles. The van der Waals surface area contributed by atoms with Gasteiger partial charge in [-0.05, 0) is 35.0 Å². The van der Waals surface area contributed by atoms with E-state index in [0.717, 1.165) is 44.6 Å². The van der Waals surface area contributed by atoms with Gasteiger partial charge in [0.1, 0.15) is 11.4 Å². The van der Waals surface area contributed by atoms with Crippen LogP contribution in [0.1, 0.15) is 5.82 Å². The number of methoxy groups -OCH3 is 1. The Morgan fingerprint density at radius 1 is 0.968 bits per heavy atom. The Kier molecular flexibility index (Phi) is 3.66. The molecule has 3 heterocycles. The molecule has 0 saturated heterocycles. The molecular weight excluding hydrogens is 390 g/mol. The number of nitrogens with one attached hydrogen (secondary N) is 3. The first-order valence-corrected chi connectivity index (χ1v) is 9.86. The first kappa shape index (κ1) is 17.4. The molecule has 0 aliphatic carbocycles. The zero-order chi connectivity index (χ0) is 20.9. The van der Waals surface area contributed by atoms with Crippen molar-refractivity contribution in [2.75, 3.05) is 12.5 Å². The predicted molar refractivity (Wildman–Crippen MR) is 122 cm³/mol. The van der Waals surface area contributed by atoms with Crippen LogP contribution in [0.2, 0.25) is 0 Å². The minimum absolute atomic E-state index is 0.450. The third-order valence-corrected chi connectivity index (χ3v) is 5.48. The van der Waals surface area contributed by atoms with E-state index in [0.29, 0.717) is 17.3 Å². The van der Waals surface area contributed by atoms with Crippen molar-refractivity contribution < 1.29 is 4.74 Å². The van der Waals surface area contributed by atoms with Gasteiger partial charge in [0.05, 0.1) is 23.8 Å². The van der Waals surface area contributed by atoms with Crippen LogP contribution in [0.3, 0.4) is 0 Å². The number of nitrogens with zero attached hydrogens (tertiary/aromatic N) is 3. The number of fused-ring (bicyclic) bond motifs is 3. The summed E-state index contributed by atoms with van der Waals surface area (Å²) >= 11 is 0. The number of nitrogens with two attached hydrogens (primary N) is 1. The van der Waals surface area contributed by atoms with E-state index in [4.69, 9.17) is 15.6 Å². The third kappa shape index (κ3) is 2.69. The maximum absolute atomic E-state index is 6.50. The van der Waals surface area contributed by atoms with E-state index in [1.54, 1.807) is 11.8 Å². The standard InChI is InChI=1S/C23H19N7O/c1-31-14-10-13-6-2-3-7-15(13)16(11-14)19-12-20-27-28-21(22(24)30(20)29-19)23-25-17-8-4-5-9-18(17)26-23/h2-12,27-28H,24H2,1H3,(H,25,26). The summed E-state index contributed by atoms with van der Waals surface area (Å²) in [6.07, 6.45) is 0. The van der Waals surface area contributed by atoms with Crippen molar-refractivity contribution in [2.45, 2.75) is 0 Å². The van der Waals surface area contributed by atoms with Crippen molar-refractivity contribution in [3.05, 3.63) is 72.6 Å². The van der Waals surface area contributed by atoms with Crippen LogP contribution < -0.4 is 21.3 Å². The Morgan fingerprint density at radius 3 is 2.68 bits per heavy atom. The highest BCUT2D eigenvalue weighted by Gasteiger charge is 2.23. The molecule has 31 heavy (non-hydrogen) atoms. The molecule has 6 rings (SSSR count). The topological polar surface area (TPSA) is 106 Å². The zero-order valence-corrected chi connectivity index (χ0v) is 16.7. The number of H-pyrrole nitrogens is 1. The Labute approximate surface area is 177 Å². The van der Waals surface area contributed by atoms with Crippen molar-refractivity contribution in [2.24, 2.45) is 5.73 Å². The summed E-state index contributed by atoms with van der Waals surface area (Å²) in [5, 5.41) is 6.96. The second-order valence-corrected chi connectivity index (χ2v) is 7.34. The van der Waals surface area contributed by atoms with E-state index < -0.39 is 0 Å². The van der Waals surface area contributed by atoms with E-state index in [9.17, 15) is 0 Å². The molecule has 2 aromatic heterocycles. The summed E-state index contributed by atoms with van der Waals surface area (Å²) in [5.74, 6) is 2.60. The molecule has 0 amide bonds. The molecule has 0 spiro atoms. The van der Waals surface area contributed by atoms with Gasteiger partial charge in [-0.25, -0.2) is 4.98 Å². The van der Waals surface area contributed by atoms with Gasteiger partial charge in [0.2, 0.25) is 0 Å². The molecule has 0 radical (unpaired) electrons. The Balaban J connectivity index is 1.49. The van der Waals surface area contributed by atoms with Crippen LogP contribution in [0.25, 0.3) is 44.6 Å². The average Bonchev–Trinajstić information content (AvgIpc) is 3.43. The smallest absolute Gasteiger partial charge is 0.160 e. The predicted octanol–water partition coefficient (Wildman–Crippen LogP) is 3.76. The van der Waals surface area contributed by atoms with Crippen LogP contribution in [0.15, 0.2) is 66.7 Å². The number of benzene rings is 3. The number of para-hydroxylation sites is 2. The monoisotopic (exact) mass is 409 g/mol. The molecule has 1 aliphatic rings. The van der Waals surface area contributed by atoms with Crippen LogP contribution in [0.5, 0.6) is 5.75 Å². The molecule has 8 heteroatoms. The minimum Gasteiger partial charge on any atom is -0.497 e. The number of hydrazine groups is 1. The molecule has 5 N–H and O–H groups in total. The van der Waals surface area contributed by atoms with Gasteiger partial charge in [-0.2, -0.15) is 9.78 Å². The molecule has 5 aromatic rings. The number of anilines is 1.